The average molecular weight is 178 g/mol. The highest BCUT2D eigenvalue weighted by atomic mass is 14.1. The fourth-order valence-electron chi connectivity index (χ4n) is 1.52. The van der Waals surface area contributed by atoms with Gasteiger partial charge in [-0.3, -0.25) is 0 Å². The van der Waals surface area contributed by atoms with Crippen molar-refractivity contribution in [3.8, 4) is 0 Å². The van der Waals surface area contributed by atoms with Crippen LogP contribution in [0.15, 0.2) is 30.3 Å². The molecule has 0 heterocycles. The molecule has 0 aliphatic carbocycles. The molecule has 74 valence electrons. The molecule has 0 heteroatoms. The van der Waals surface area contributed by atoms with E-state index in [0.717, 1.165) is 5.92 Å². The SMILES string of the molecule is C.CCC(CC)Cc1ccccc1. The summed E-state index contributed by atoms with van der Waals surface area (Å²) in [6.45, 7) is 4.55. The molecule has 1 rings (SSSR count). The van der Waals surface area contributed by atoms with Gasteiger partial charge < -0.3 is 0 Å². The van der Waals surface area contributed by atoms with Crippen LogP contribution in [0, 0.1) is 5.92 Å². The maximum absolute atomic E-state index is 2.27. The van der Waals surface area contributed by atoms with Gasteiger partial charge in [0.2, 0.25) is 0 Å². The van der Waals surface area contributed by atoms with Crippen molar-refractivity contribution in [2.24, 2.45) is 5.92 Å². The molecule has 0 aliphatic rings. The van der Waals surface area contributed by atoms with Crippen molar-refractivity contribution in [1.29, 1.82) is 0 Å². The molecular weight excluding hydrogens is 156 g/mol. The summed E-state index contributed by atoms with van der Waals surface area (Å²) < 4.78 is 0. The predicted octanol–water partition coefficient (Wildman–Crippen LogP) is 4.30. The molecule has 0 unspecified atom stereocenters. The highest BCUT2D eigenvalue weighted by Crippen LogP contribution is 2.14. The summed E-state index contributed by atoms with van der Waals surface area (Å²) in [5.41, 5.74) is 1.48. The van der Waals surface area contributed by atoms with Crippen molar-refractivity contribution in [2.75, 3.05) is 0 Å². The molecule has 0 atom stereocenters. The third kappa shape index (κ3) is 4.12. The zero-order valence-electron chi connectivity index (χ0n) is 8.09. The summed E-state index contributed by atoms with van der Waals surface area (Å²) in [5, 5.41) is 0. The highest BCUT2D eigenvalue weighted by Gasteiger charge is 2.03. The second kappa shape index (κ2) is 6.71. The maximum atomic E-state index is 2.27. The minimum Gasteiger partial charge on any atom is -0.0776 e. The van der Waals surface area contributed by atoms with Crippen LogP contribution in [-0.4, -0.2) is 0 Å². The van der Waals surface area contributed by atoms with Gasteiger partial charge in [-0.25, -0.2) is 0 Å². The van der Waals surface area contributed by atoms with E-state index in [0.29, 0.717) is 0 Å². The molecular formula is C13H22. The summed E-state index contributed by atoms with van der Waals surface area (Å²) in [7, 11) is 0. The normalized spacial score (nSPS) is 9.77. The van der Waals surface area contributed by atoms with Gasteiger partial charge in [0.1, 0.15) is 0 Å². The Bertz CT molecular complexity index is 197. The summed E-state index contributed by atoms with van der Waals surface area (Å²) in [6, 6.07) is 10.8. The molecule has 0 nitrogen and oxygen atoms in total. The Morgan fingerprint density at radius 1 is 1.00 bits per heavy atom. The van der Waals surface area contributed by atoms with E-state index in [-0.39, 0.29) is 7.43 Å². The van der Waals surface area contributed by atoms with Crippen molar-refractivity contribution >= 4 is 0 Å². The van der Waals surface area contributed by atoms with Gasteiger partial charge in [0, 0.05) is 0 Å². The Morgan fingerprint density at radius 2 is 1.54 bits per heavy atom. The third-order valence-corrected chi connectivity index (χ3v) is 2.52. The zero-order valence-corrected chi connectivity index (χ0v) is 8.09. The van der Waals surface area contributed by atoms with Crippen LogP contribution in [0.5, 0.6) is 0 Å². The number of rotatable bonds is 4. The first-order valence-corrected chi connectivity index (χ1v) is 4.90. The lowest BCUT2D eigenvalue weighted by atomic mass is 9.95. The average Bonchev–Trinajstić information content (AvgIpc) is 2.16. The fourth-order valence-corrected chi connectivity index (χ4v) is 1.52. The summed E-state index contributed by atoms with van der Waals surface area (Å²) in [5.74, 6) is 0.868. The lowest BCUT2D eigenvalue weighted by Gasteiger charge is -2.11. The minimum absolute atomic E-state index is 0. The summed E-state index contributed by atoms with van der Waals surface area (Å²) in [4.78, 5) is 0. The molecule has 0 amide bonds. The largest absolute Gasteiger partial charge is 0.0776 e. The lowest BCUT2D eigenvalue weighted by Crippen LogP contribution is -2.00. The van der Waals surface area contributed by atoms with Crippen molar-refractivity contribution in [3.05, 3.63) is 35.9 Å². The van der Waals surface area contributed by atoms with Crippen LogP contribution in [0.3, 0.4) is 0 Å². The van der Waals surface area contributed by atoms with Gasteiger partial charge in [0.15, 0.2) is 0 Å². The van der Waals surface area contributed by atoms with Crippen molar-refractivity contribution in [3.63, 3.8) is 0 Å². The van der Waals surface area contributed by atoms with Crippen LogP contribution < -0.4 is 0 Å². The maximum Gasteiger partial charge on any atom is -0.0251 e. The standard InChI is InChI=1S/C12H18.CH4/c1-3-11(4-2)10-12-8-6-5-7-9-12;/h5-9,11H,3-4,10H2,1-2H3;1H4. The molecule has 1 aromatic rings. The molecule has 0 aromatic heterocycles. The van der Waals surface area contributed by atoms with Gasteiger partial charge in [0.25, 0.3) is 0 Å². The minimum atomic E-state index is 0. The van der Waals surface area contributed by atoms with Crippen LogP contribution >= 0.6 is 0 Å². The van der Waals surface area contributed by atoms with E-state index in [1.165, 1.54) is 24.8 Å². The molecule has 1 aromatic carbocycles. The van der Waals surface area contributed by atoms with E-state index in [9.17, 15) is 0 Å². The fraction of sp³-hybridized carbons (Fsp3) is 0.538. The molecule has 0 spiro atoms. The number of hydrogen-bond donors (Lipinski definition) is 0. The highest BCUT2D eigenvalue weighted by molar-refractivity contribution is 5.15. The molecule has 0 bridgehead atoms. The van der Waals surface area contributed by atoms with E-state index in [4.69, 9.17) is 0 Å². The number of hydrogen-bond acceptors (Lipinski definition) is 0. The lowest BCUT2D eigenvalue weighted by molar-refractivity contribution is 0.490. The summed E-state index contributed by atoms with van der Waals surface area (Å²) >= 11 is 0. The first-order valence-electron chi connectivity index (χ1n) is 4.90. The van der Waals surface area contributed by atoms with Crippen LogP contribution in [0.25, 0.3) is 0 Å². The zero-order chi connectivity index (χ0) is 8.81. The van der Waals surface area contributed by atoms with Crippen molar-refractivity contribution < 1.29 is 0 Å². The molecule has 0 aliphatic heterocycles. The second-order valence-corrected chi connectivity index (χ2v) is 3.37. The Hall–Kier alpha value is -0.780. The quantitative estimate of drug-likeness (QED) is 0.644. The van der Waals surface area contributed by atoms with Crippen LogP contribution in [-0.2, 0) is 6.42 Å². The van der Waals surface area contributed by atoms with Gasteiger partial charge in [-0.1, -0.05) is 64.4 Å². The Kier molecular flexibility index (Phi) is 6.30. The molecule has 0 fully saturated rings. The first kappa shape index (κ1) is 12.2. The molecule has 0 saturated heterocycles. The third-order valence-electron chi connectivity index (χ3n) is 2.52. The molecule has 0 N–H and O–H groups in total. The van der Waals surface area contributed by atoms with Crippen molar-refractivity contribution in [1.82, 2.24) is 0 Å². The van der Waals surface area contributed by atoms with Gasteiger partial charge in [-0.2, -0.15) is 0 Å². The Morgan fingerprint density at radius 3 is 2.00 bits per heavy atom. The Balaban J connectivity index is 0.00000144. The van der Waals surface area contributed by atoms with E-state index >= 15 is 0 Å². The topological polar surface area (TPSA) is 0 Å². The molecule has 0 radical (unpaired) electrons. The van der Waals surface area contributed by atoms with E-state index in [1.807, 2.05) is 0 Å². The second-order valence-electron chi connectivity index (χ2n) is 3.37. The monoisotopic (exact) mass is 178 g/mol. The first-order chi connectivity index (χ1) is 5.86. The van der Waals surface area contributed by atoms with Crippen LogP contribution in [0.1, 0.15) is 39.7 Å². The number of benzene rings is 1. The van der Waals surface area contributed by atoms with E-state index in [1.54, 1.807) is 0 Å². The molecule has 0 saturated carbocycles. The van der Waals surface area contributed by atoms with Gasteiger partial charge in [0.05, 0.1) is 0 Å². The summed E-state index contributed by atoms with van der Waals surface area (Å²) in [6.07, 6.45) is 3.84. The van der Waals surface area contributed by atoms with E-state index < -0.39 is 0 Å². The Labute approximate surface area is 83.0 Å². The van der Waals surface area contributed by atoms with Gasteiger partial charge in [-0.15, -0.1) is 0 Å². The van der Waals surface area contributed by atoms with Crippen LogP contribution in [0.4, 0.5) is 0 Å². The van der Waals surface area contributed by atoms with E-state index in [2.05, 4.69) is 44.2 Å². The molecule has 13 heavy (non-hydrogen) atoms. The van der Waals surface area contributed by atoms with Crippen LogP contribution in [0.2, 0.25) is 0 Å². The smallest absolute Gasteiger partial charge is 0.0251 e. The van der Waals surface area contributed by atoms with Gasteiger partial charge in [-0.05, 0) is 17.9 Å². The van der Waals surface area contributed by atoms with Crippen molar-refractivity contribution in [2.45, 2.75) is 40.5 Å². The van der Waals surface area contributed by atoms with Gasteiger partial charge >= 0.3 is 0 Å². The predicted molar refractivity (Wildman–Crippen MR) is 60.9 cm³/mol.